The number of nitrogens with zero attached hydrogens (tertiary/aromatic N) is 2. The van der Waals surface area contributed by atoms with Crippen LogP contribution >= 0.6 is 0 Å². The zero-order valence-corrected chi connectivity index (χ0v) is 19.4. The molecule has 0 radical (unpaired) electrons. The Balaban J connectivity index is 1.97. The number of aliphatic imine (C=N–C) groups is 1. The largest absolute Gasteiger partial charge is 0.392 e. The van der Waals surface area contributed by atoms with Crippen molar-refractivity contribution < 1.29 is 9.90 Å². The molecule has 1 heterocycles. The Morgan fingerprint density at radius 3 is 2.21 bits per heavy atom. The van der Waals surface area contributed by atoms with Crippen LogP contribution in [0.15, 0.2) is 4.99 Å². The Morgan fingerprint density at radius 1 is 1.07 bits per heavy atom. The molecule has 0 aromatic carbocycles. The normalized spacial score (nSPS) is 19.4. The lowest BCUT2D eigenvalue weighted by atomic mass is 10.0. The fourth-order valence-corrected chi connectivity index (χ4v) is 3.96. The van der Waals surface area contributed by atoms with Crippen LogP contribution in [0.1, 0.15) is 104 Å². The summed E-state index contributed by atoms with van der Waals surface area (Å²) in [5, 5.41) is 13.6. The molecule has 3 unspecified atom stereocenters. The van der Waals surface area contributed by atoms with Gasteiger partial charge in [0.1, 0.15) is 0 Å². The van der Waals surface area contributed by atoms with Gasteiger partial charge in [-0.3, -0.25) is 15.1 Å². The van der Waals surface area contributed by atoms with Gasteiger partial charge >= 0.3 is 0 Å². The SMILES string of the molecule is CCCCCCCCCCCCCCC(O)CNC(C)N1CCN=CC(C)C1=O. The van der Waals surface area contributed by atoms with Crippen molar-refractivity contribution in [3.05, 3.63) is 0 Å². The zero-order valence-electron chi connectivity index (χ0n) is 19.4. The summed E-state index contributed by atoms with van der Waals surface area (Å²) in [7, 11) is 0. The Bertz CT molecular complexity index is 442. The highest BCUT2D eigenvalue weighted by Gasteiger charge is 2.25. The van der Waals surface area contributed by atoms with E-state index < -0.39 is 0 Å². The number of rotatable bonds is 17. The average Bonchev–Trinajstić information content (AvgIpc) is 2.88. The Morgan fingerprint density at radius 2 is 1.62 bits per heavy atom. The molecule has 1 amide bonds. The lowest BCUT2D eigenvalue weighted by Crippen LogP contribution is -2.50. The highest BCUT2D eigenvalue weighted by Crippen LogP contribution is 2.13. The maximum Gasteiger partial charge on any atom is 0.232 e. The van der Waals surface area contributed by atoms with E-state index in [1.807, 2.05) is 18.7 Å². The molecule has 0 saturated heterocycles. The number of unbranched alkanes of at least 4 members (excludes halogenated alkanes) is 11. The molecule has 0 aliphatic carbocycles. The van der Waals surface area contributed by atoms with E-state index in [9.17, 15) is 9.90 Å². The number of carbonyl (C=O) groups excluding carboxylic acids is 1. The minimum atomic E-state index is -0.337. The zero-order chi connectivity index (χ0) is 21.3. The number of aliphatic hydroxyl groups excluding tert-OH is 1. The van der Waals surface area contributed by atoms with Gasteiger partial charge in [0.05, 0.1) is 24.7 Å². The van der Waals surface area contributed by atoms with Crippen LogP contribution < -0.4 is 5.32 Å². The molecule has 1 rings (SSSR count). The van der Waals surface area contributed by atoms with E-state index in [1.54, 1.807) is 6.21 Å². The van der Waals surface area contributed by atoms with Crippen molar-refractivity contribution in [3.8, 4) is 0 Å². The number of hydrogen-bond acceptors (Lipinski definition) is 4. The van der Waals surface area contributed by atoms with Crippen molar-refractivity contribution in [1.29, 1.82) is 0 Å². The average molecular weight is 410 g/mol. The summed E-state index contributed by atoms with van der Waals surface area (Å²) in [6, 6.07) is 0. The van der Waals surface area contributed by atoms with E-state index in [0.29, 0.717) is 19.6 Å². The highest BCUT2D eigenvalue weighted by molar-refractivity contribution is 5.93. The van der Waals surface area contributed by atoms with Crippen LogP contribution in [0, 0.1) is 5.92 Å². The van der Waals surface area contributed by atoms with E-state index in [1.165, 1.54) is 70.6 Å². The lowest BCUT2D eigenvalue weighted by molar-refractivity contribution is -0.135. The summed E-state index contributed by atoms with van der Waals surface area (Å²) < 4.78 is 0. The molecule has 0 fully saturated rings. The molecule has 0 aromatic rings. The molecule has 3 atom stereocenters. The van der Waals surface area contributed by atoms with Gasteiger partial charge in [0.25, 0.3) is 0 Å². The van der Waals surface area contributed by atoms with Crippen LogP contribution in [0.5, 0.6) is 0 Å². The summed E-state index contributed by atoms with van der Waals surface area (Å²) in [5.74, 6) is -0.0468. The molecular weight excluding hydrogens is 362 g/mol. The Labute approximate surface area is 179 Å². The summed E-state index contributed by atoms with van der Waals surface area (Å²) in [5.41, 5.74) is 0. The van der Waals surface area contributed by atoms with Crippen molar-refractivity contribution in [1.82, 2.24) is 10.2 Å². The van der Waals surface area contributed by atoms with E-state index >= 15 is 0 Å². The molecule has 170 valence electrons. The molecule has 1 aliphatic heterocycles. The Hall–Kier alpha value is -0.940. The van der Waals surface area contributed by atoms with Gasteiger partial charge in [-0.2, -0.15) is 0 Å². The Kier molecular flexibility index (Phi) is 15.1. The third-order valence-electron chi connectivity index (χ3n) is 5.98. The first kappa shape index (κ1) is 26.1. The van der Waals surface area contributed by atoms with E-state index in [2.05, 4.69) is 17.2 Å². The van der Waals surface area contributed by atoms with E-state index in [0.717, 1.165) is 12.8 Å². The van der Waals surface area contributed by atoms with Crippen LogP contribution in [0.4, 0.5) is 0 Å². The van der Waals surface area contributed by atoms with E-state index in [4.69, 9.17) is 0 Å². The molecule has 0 bridgehead atoms. The predicted molar refractivity (Wildman–Crippen MR) is 123 cm³/mol. The fraction of sp³-hybridized carbons (Fsp3) is 0.917. The van der Waals surface area contributed by atoms with Gasteiger partial charge in [-0.1, -0.05) is 84.0 Å². The predicted octanol–water partition coefficient (Wildman–Crippen LogP) is 4.92. The van der Waals surface area contributed by atoms with Crippen molar-refractivity contribution in [2.45, 2.75) is 117 Å². The summed E-state index contributed by atoms with van der Waals surface area (Å²) in [4.78, 5) is 18.5. The van der Waals surface area contributed by atoms with Crippen LogP contribution in [0.2, 0.25) is 0 Å². The maximum absolute atomic E-state index is 12.4. The summed E-state index contributed by atoms with van der Waals surface area (Å²) in [6.07, 6.45) is 18.2. The molecule has 0 spiro atoms. The first-order valence-corrected chi connectivity index (χ1v) is 12.3. The fourth-order valence-electron chi connectivity index (χ4n) is 3.96. The number of carbonyl (C=O) groups is 1. The third kappa shape index (κ3) is 12.4. The first-order chi connectivity index (χ1) is 14.1. The van der Waals surface area contributed by atoms with Crippen LogP contribution in [0.3, 0.4) is 0 Å². The van der Waals surface area contributed by atoms with Crippen LogP contribution in [-0.2, 0) is 4.79 Å². The first-order valence-electron chi connectivity index (χ1n) is 12.3. The summed E-state index contributed by atoms with van der Waals surface area (Å²) in [6.45, 7) is 7.99. The quantitative estimate of drug-likeness (QED) is 0.335. The number of nitrogens with one attached hydrogen (secondary N) is 1. The highest BCUT2D eigenvalue weighted by atomic mass is 16.3. The number of aliphatic hydroxyl groups is 1. The molecule has 5 nitrogen and oxygen atoms in total. The van der Waals surface area contributed by atoms with Gasteiger partial charge in [-0.25, -0.2) is 0 Å². The van der Waals surface area contributed by atoms with Crippen molar-refractivity contribution >= 4 is 12.1 Å². The van der Waals surface area contributed by atoms with Crippen molar-refractivity contribution in [2.75, 3.05) is 19.6 Å². The number of amides is 1. The third-order valence-corrected chi connectivity index (χ3v) is 5.98. The molecule has 0 aromatic heterocycles. The monoisotopic (exact) mass is 409 g/mol. The van der Waals surface area contributed by atoms with Gasteiger partial charge in [0, 0.05) is 19.3 Å². The second kappa shape index (κ2) is 16.8. The molecule has 29 heavy (non-hydrogen) atoms. The van der Waals surface area contributed by atoms with Crippen LogP contribution in [0.25, 0.3) is 0 Å². The molecule has 1 aliphatic rings. The minimum Gasteiger partial charge on any atom is -0.392 e. The molecule has 2 N–H and O–H groups in total. The number of hydrogen-bond donors (Lipinski definition) is 2. The van der Waals surface area contributed by atoms with Gasteiger partial charge < -0.3 is 10.0 Å². The van der Waals surface area contributed by atoms with Gasteiger partial charge in [0.2, 0.25) is 5.91 Å². The van der Waals surface area contributed by atoms with Crippen molar-refractivity contribution in [2.24, 2.45) is 10.9 Å². The topological polar surface area (TPSA) is 64.9 Å². The molecular formula is C24H47N3O2. The summed E-state index contributed by atoms with van der Waals surface area (Å²) >= 11 is 0. The molecule has 5 heteroatoms. The van der Waals surface area contributed by atoms with E-state index in [-0.39, 0.29) is 24.1 Å². The second-order valence-electron chi connectivity index (χ2n) is 8.79. The molecule has 0 saturated carbocycles. The smallest absolute Gasteiger partial charge is 0.232 e. The van der Waals surface area contributed by atoms with Gasteiger partial charge in [0.15, 0.2) is 0 Å². The van der Waals surface area contributed by atoms with Crippen LogP contribution in [-0.4, -0.2) is 54.0 Å². The minimum absolute atomic E-state index is 0.0664. The maximum atomic E-state index is 12.4. The second-order valence-corrected chi connectivity index (χ2v) is 8.79. The lowest BCUT2D eigenvalue weighted by Gasteiger charge is -2.30. The van der Waals surface area contributed by atoms with Crippen molar-refractivity contribution in [3.63, 3.8) is 0 Å². The standard InChI is InChI=1S/C24H47N3O2/c1-4-5-6-7-8-9-10-11-12-13-14-15-16-23(28)20-26-22(3)27-18-17-25-19-21(2)24(27)29/h19,21-23,26,28H,4-18,20H2,1-3H3. The van der Waals surface area contributed by atoms with Gasteiger partial charge in [-0.05, 0) is 20.3 Å². The van der Waals surface area contributed by atoms with Gasteiger partial charge in [-0.15, -0.1) is 0 Å².